The summed E-state index contributed by atoms with van der Waals surface area (Å²) in [6.45, 7) is 0.859. The topological polar surface area (TPSA) is 55.5 Å². The molecule has 0 fully saturated rings. The molecule has 56 valence electrons. The minimum atomic E-state index is -2.91. The Balaban J connectivity index is 3.60. The molecule has 0 spiro atoms. The minimum Gasteiger partial charge on any atom is -0.334 e. The van der Waals surface area contributed by atoms with Crippen molar-refractivity contribution in [2.75, 3.05) is 0 Å². The van der Waals surface area contributed by atoms with Crippen LogP contribution in [0.4, 0.5) is 0 Å². The second-order valence-corrected chi connectivity index (χ2v) is 4.80. The molecular weight excluding hydrogens is 157 g/mol. The van der Waals surface area contributed by atoms with Gasteiger partial charge in [-0.2, -0.15) is 0 Å². The SMILES string of the molecule is CCC(C)OP(N)(O)=S. The Hall–Kier alpha value is 0.530. The molecular formula is C4H12NO2PS. The second kappa shape index (κ2) is 3.64. The molecule has 2 atom stereocenters. The Morgan fingerprint density at radius 1 is 1.89 bits per heavy atom. The van der Waals surface area contributed by atoms with Crippen molar-refractivity contribution in [3.63, 3.8) is 0 Å². The molecule has 0 aromatic carbocycles. The third-order valence-corrected chi connectivity index (χ3v) is 1.83. The van der Waals surface area contributed by atoms with Crippen LogP contribution >= 0.6 is 6.64 Å². The van der Waals surface area contributed by atoms with Gasteiger partial charge in [-0.3, -0.25) is 5.50 Å². The molecule has 0 saturated carbocycles. The van der Waals surface area contributed by atoms with Crippen molar-refractivity contribution in [1.29, 1.82) is 0 Å². The quantitative estimate of drug-likeness (QED) is 0.618. The Kier molecular flexibility index (Phi) is 3.85. The van der Waals surface area contributed by atoms with Crippen LogP contribution in [0.15, 0.2) is 0 Å². The molecule has 0 aliphatic heterocycles. The predicted molar refractivity (Wildman–Crippen MR) is 41.5 cm³/mol. The normalized spacial score (nSPS) is 20.9. The largest absolute Gasteiger partial charge is 0.334 e. The molecule has 0 heterocycles. The molecule has 0 rings (SSSR count). The summed E-state index contributed by atoms with van der Waals surface area (Å²) in [5, 5.41) is 0. The van der Waals surface area contributed by atoms with Crippen molar-refractivity contribution in [2.24, 2.45) is 5.50 Å². The summed E-state index contributed by atoms with van der Waals surface area (Å²) >= 11 is 4.45. The standard InChI is InChI=1S/C4H12NO2PS/c1-3-4(2)7-8(5,6)9/h4H,3H2,1-2H3,(H3,5,6,9). The first-order valence-electron chi connectivity index (χ1n) is 2.75. The first-order valence-corrected chi connectivity index (χ1v) is 5.49. The minimum absolute atomic E-state index is 0.0363. The highest BCUT2D eigenvalue weighted by Crippen LogP contribution is 2.34. The fraction of sp³-hybridized carbons (Fsp3) is 1.00. The second-order valence-electron chi connectivity index (χ2n) is 1.89. The van der Waals surface area contributed by atoms with Gasteiger partial charge >= 0.3 is 0 Å². The fourth-order valence-electron chi connectivity index (χ4n) is 0.332. The van der Waals surface area contributed by atoms with E-state index in [1.165, 1.54) is 0 Å². The van der Waals surface area contributed by atoms with E-state index < -0.39 is 6.64 Å². The molecule has 2 unspecified atom stereocenters. The maximum absolute atomic E-state index is 8.80. The van der Waals surface area contributed by atoms with E-state index >= 15 is 0 Å². The van der Waals surface area contributed by atoms with Gasteiger partial charge in [0.1, 0.15) is 0 Å². The first-order chi connectivity index (χ1) is 3.95. The molecule has 0 aliphatic rings. The van der Waals surface area contributed by atoms with Crippen LogP contribution < -0.4 is 5.50 Å². The zero-order valence-corrected chi connectivity index (χ0v) is 7.28. The maximum atomic E-state index is 8.80. The van der Waals surface area contributed by atoms with Crippen LogP contribution in [0.3, 0.4) is 0 Å². The summed E-state index contributed by atoms with van der Waals surface area (Å²) in [6, 6.07) is 0. The van der Waals surface area contributed by atoms with E-state index in [9.17, 15) is 0 Å². The van der Waals surface area contributed by atoms with Gasteiger partial charge in [0, 0.05) is 0 Å². The van der Waals surface area contributed by atoms with Crippen LogP contribution in [0.2, 0.25) is 0 Å². The van der Waals surface area contributed by atoms with Crippen molar-refractivity contribution in [3.05, 3.63) is 0 Å². The van der Waals surface area contributed by atoms with E-state index in [2.05, 4.69) is 11.8 Å². The molecule has 0 aromatic heterocycles. The number of hydrogen-bond donors (Lipinski definition) is 2. The average molecular weight is 169 g/mol. The lowest BCUT2D eigenvalue weighted by molar-refractivity contribution is 0.215. The van der Waals surface area contributed by atoms with Crippen molar-refractivity contribution >= 4 is 18.4 Å². The molecule has 0 radical (unpaired) electrons. The summed E-state index contributed by atoms with van der Waals surface area (Å²) in [5.74, 6) is 0. The lowest BCUT2D eigenvalue weighted by Gasteiger charge is -2.14. The first kappa shape index (κ1) is 9.53. The van der Waals surface area contributed by atoms with Crippen LogP contribution in [0.25, 0.3) is 0 Å². The van der Waals surface area contributed by atoms with E-state index in [1.807, 2.05) is 13.8 Å². The summed E-state index contributed by atoms with van der Waals surface area (Å²) in [7, 11) is 0. The molecule has 0 amide bonds. The fourth-order valence-corrected chi connectivity index (χ4v) is 1.44. The van der Waals surface area contributed by atoms with Gasteiger partial charge in [0.05, 0.1) is 6.10 Å². The molecule has 0 bridgehead atoms. The van der Waals surface area contributed by atoms with Gasteiger partial charge in [-0.15, -0.1) is 0 Å². The Morgan fingerprint density at radius 2 is 2.33 bits per heavy atom. The maximum Gasteiger partial charge on any atom is 0.256 e. The van der Waals surface area contributed by atoms with Gasteiger partial charge in [-0.25, -0.2) is 0 Å². The number of rotatable bonds is 3. The molecule has 3 nitrogen and oxygen atoms in total. The van der Waals surface area contributed by atoms with Crippen molar-refractivity contribution < 1.29 is 9.42 Å². The van der Waals surface area contributed by atoms with Crippen LogP contribution in [-0.4, -0.2) is 11.0 Å². The van der Waals surface area contributed by atoms with Gasteiger partial charge in [-0.1, -0.05) is 6.92 Å². The molecule has 3 N–H and O–H groups in total. The Labute approximate surface area is 60.4 Å². The van der Waals surface area contributed by atoms with E-state index in [4.69, 9.17) is 14.9 Å². The Bertz CT molecular complexity index is 124. The number of hydrogen-bond acceptors (Lipinski definition) is 2. The van der Waals surface area contributed by atoms with Crippen molar-refractivity contribution in [2.45, 2.75) is 26.4 Å². The third kappa shape index (κ3) is 6.41. The molecule has 0 aromatic rings. The zero-order valence-electron chi connectivity index (χ0n) is 5.57. The summed E-state index contributed by atoms with van der Waals surface area (Å²) < 4.78 is 4.85. The Morgan fingerprint density at radius 3 is 2.44 bits per heavy atom. The molecule has 0 saturated heterocycles. The van der Waals surface area contributed by atoms with Crippen molar-refractivity contribution in [1.82, 2.24) is 0 Å². The van der Waals surface area contributed by atoms with Crippen LogP contribution in [-0.2, 0) is 16.3 Å². The monoisotopic (exact) mass is 169 g/mol. The molecule has 9 heavy (non-hydrogen) atoms. The van der Waals surface area contributed by atoms with E-state index in [0.29, 0.717) is 0 Å². The smallest absolute Gasteiger partial charge is 0.256 e. The lowest BCUT2D eigenvalue weighted by atomic mass is 10.3. The van der Waals surface area contributed by atoms with Crippen LogP contribution in [0.5, 0.6) is 0 Å². The predicted octanol–water partition coefficient (Wildman–Crippen LogP) is 0.977. The van der Waals surface area contributed by atoms with E-state index in [-0.39, 0.29) is 6.10 Å². The highest BCUT2D eigenvalue weighted by Gasteiger charge is 2.09. The van der Waals surface area contributed by atoms with E-state index in [1.54, 1.807) is 0 Å². The molecule has 5 heteroatoms. The highest BCUT2D eigenvalue weighted by molar-refractivity contribution is 8.08. The van der Waals surface area contributed by atoms with Crippen molar-refractivity contribution in [3.8, 4) is 0 Å². The van der Waals surface area contributed by atoms with Crippen LogP contribution in [0.1, 0.15) is 20.3 Å². The summed E-state index contributed by atoms with van der Waals surface area (Å²) in [5.41, 5.74) is 5.07. The summed E-state index contributed by atoms with van der Waals surface area (Å²) in [4.78, 5) is 8.80. The van der Waals surface area contributed by atoms with Gasteiger partial charge in [0.2, 0.25) is 0 Å². The number of nitrogens with two attached hydrogens (primary N) is 1. The molecule has 0 aliphatic carbocycles. The lowest BCUT2D eigenvalue weighted by Crippen LogP contribution is -2.07. The zero-order chi connectivity index (χ0) is 7.49. The highest BCUT2D eigenvalue weighted by atomic mass is 32.5. The van der Waals surface area contributed by atoms with Gasteiger partial charge < -0.3 is 9.42 Å². The average Bonchev–Trinajstić information content (AvgIpc) is 1.62. The third-order valence-electron chi connectivity index (χ3n) is 0.906. The van der Waals surface area contributed by atoms with Crippen LogP contribution in [0, 0.1) is 0 Å². The van der Waals surface area contributed by atoms with E-state index in [0.717, 1.165) is 6.42 Å². The van der Waals surface area contributed by atoms with Gasteiger partial charge in [0.15, 0.2) is 0 Å². The summed E-state index contributed by atoms with van der Waals surface area (Å²) in [6.07, 6.45) is 0.779. The van der Waals surface area contributed by atoms with Gasteiger partial charge in [0.25, 0.3) is 6.64 Å². The van der Waals surface area contributed by atoms with Gasteiger partial charge in [-0.05, 0) is 25.2 Å².